The molecule has 0 spiro atoms. The molecular formula is C13H19N3O. The molecule has 0 bridgehead atoms. The van der Waals surface area contributed by atoms with Crippen LogP contribution >= 0.6 is 0 Å². The van der Waals surface area contributed by atoms with Gasteiger partial charge in [0.2, 0.25) is 5.91 Å². The van der Waals surface area contributed by atoms with Crippen LogP contribution in [0.3, 0.4) is 0 Å². The maximum absolute atomic E-state index is 11.6. The first-order chi connectivity index (χ1) is 8.11. The zero-order chi connectivity index (χ0) is 12.4. The number of anilines is 1. The second-order valence-electron chi connectivity index (χ2n) is 4.68. The number of nitrogens with zero attached hydrogens (tertiary/aromatic N) is 3. The molecule has 0 radical (unpaired) electrons. The number of aromatic nitrogens is 1. The van der Waals surface area contributed by atoms with E-state index in [2.05, 4.69) is 11.1 Å². The van der Waals surface area contributed by atoms with Crippen LogP contribution in [0.5, 0.6) is 0 Å². The summed E-state index contributed by atoms with van der Waals surface area (Å²) in [6.07, 6.45) is 3.91. The first-order valence-electron chi connectivity index (χ1n) is 6.00. The summed E-state index contributed by atoms with van der Waals surface area (Å²) < 4.78 is 0. The number of amides is 1. The zero-order valence-electron chi connectivity index (χ0n) is 10.7. The Labute approximate surface area is 102 Å². The minimum Gasteiger partial charge on any atom is -0.362 e. The fourth-order valence-corrected chi connectivity index (χ4v) is 2.51. The molecule has 4 nitrogen and oxygen atoms in total. The molecule has 0 N–H and O–H groups in total. The predicted molar refractivity (Wildman–Crippen MR) is 67.9 cm³/mol. The molecule has 1 saturated heterocycles. The Morgan fingerprint density at radius 3 is 2.94 bits per heavy atom. The highest BCUT2D eigenvalue weighted by atomic mass is 16.2. The maximum Gasteiger partial charge on any atom is 0.219 e. The Bertz CT molecular complexity index is 417. The largest absolute Gasteiger partial charge is 0.362 e. The minimum absolute atomic E-state index is 0.154. The Kier molecular flexibility index (Phi) is 3.31. The van der Waals surface area contributed by atoms with Gasteiger partial charge in [-0.25, -0.2) is 4.98 Å². The Balaban J connectivity index is 2.36. The molecule has 2 heterocycles. The van der Waals surface area contributed by atoms with E-state index in [1.807, 2.05) is 30.0 Å². The van der Waals surface area contributed by atoms with Gasteiger partial charge in [-0.2, -0.15) is 0 Å². The third kappa shape index (κ3) is 2.25. The summed E-state index contributed by atoms with van der Waals surface area (Å²) in [6, 6.07) is 4.21. The van der Waals surface area contributed by atoms with Crippen LogP contribution in [0.25, 0.3) is 0 Å². The van der Waals surface area contributed by atoms with Gasteiger partial charge >= 0.3 is 0 Å². The smallest absolute Gasteiger partial charge is 0.219 e. The van der Waals surface area contributed by atoms with Crippen molar-refractivity contribution in [1.29, 1.82) is 0 Å². The number of rotatable bonds is 2. The lowest BCUT2D eigenvalue weighted by Gasteiger charge is -2.26. The van der Waals surface area contributed by atoms with Crippen molar-refractivity contribution in [2.75, 3.05) is 25.5 Å². The quantitative estimate of drug-likeness (QED) is 0.782. The molecular weight excluding hydrogens is 214 g/mol. The molecule has 1 aromatic rings. The van der Waals surface area contributed by atoms with E-state index in [9.17, 15) is 4.79 Å². The average Bonchev–Trinajstić information content (AvgIpc) is 2.77. The standard InChI is InChI=1S/C13H19N3O/c1-10(17)16-9-5-7-12(16)11-6-4-8-14-13(11)15(2)3/h4,6,8,12H,5,7,9H2,1-3H3. The van der Waals surface area contributed by atoms with Crippen molar-refractivity contribution in [3.63, 3.8) is 0 Å². The van der Waals surface area contributed by atoms with Crippen LogP contribution in [0.4, 0.5) is 5.82 Å². The van der Waals surface area contributed by atoms with Crippen molar-refractivity contribution in [3.8, 4) is 0 Å². The molecule has 2 rings (SSSR count). The van der Waals surface area contributed by atoms with Gasteiger partial charge in [-0.05, 0) is 18.9 Å². The van der Waals surface area contributed by atoms with E-state index >= 15 is 0 Å². The van der Waals surface area contributed by atoms with Gasteiger partial charge in [-0.1, -0.05) is 6.07 Å². The first kappa shape index (κ1) is 11.9. The molecule has 1 amide bonds. The van der Waals surface area contributed by atoms with Crippen molar-refractivity contribution in [3.05, 3.63) is 23.9 Å². The number of carbonyl (C=O) groups is 1. The normalized spacial score (nSPS) is 19.5. The van der Waals surface area contributed by atoms with Crippen LogP contribution in [0, 0.1) is 0 Å². The third-order valence-electron chi connectivity index (χ3n) is 3.26. The van der Waals surface area contributed by atoms with Crippen molar-refractivity contribution in [2.45, 2.75) is 25.8 Å². The molecule has 1 unspecified atom stereocenters. The van der Waals surface area contributed by atoms with Crippen LogP contribution in [-0.2, 0) is 4.79 Å². The zero-order valence-corrected chi connectivity index (χ0v) is 10.7. The highest BCUT2D eigenvalue weighted by Gasteiger charge is 2.30. The molecule has 1 aliphatic heterocycles. The van der Waals surface area contributed by atoms with Gasteiger partial charge in [0.05, 0.1) is 6.04 Å². The van der Waals surface area contributed by atoms with Gasteiger partial charge in [-0.3, -0.25) is 4.79 Å². The van der Waals surface area contributed by atoms with Crippen LogP contribution in [0.1, 0.15) is 31.4 Å². The Morgan fingerprint density at radius 1 is 1.53 bits per heavy atom. The molecule has 1 aromatic heterocycles. The summed E-state index contributed by atoms with van der Waals surface area (Å²) in [5, 5.41) is 0. The maximum atomic E-state index is 11.6. The summed E-state index contributed by atoms with van der Waals surface area (Å²) in [5.74, 6) is 1.12. The molecule has 4 heteroatoms. The number of likely N-dealkylation sites (tertiary alicyclic amines) is 1. The van der Waals surface area contributed by atoms with Crippen molar-refractivity contribution >= 4 is 11.7 Å². The molecule has 0 saturated carbocycles. The molecule has 92 valence electrons. The second-order valence-corrected chi connectivity index (χ2v) is 4.68. The summed E-state index contributed by atoms with van der Waals surface area (Å²) in [6.45, 7) is 2.51. The number of carbonyl (C=O) groups excluding carboxylic acids is 1. The Hall–Kier alpha value is -1.58. The van der Waals surface area contributed by atoms with Gasteiger partial charge < -0.3 is 9.80 Å². The fraction of sp³-hybridized carbons (Fsp3) is 0.538. The van der Waals surface area contributed by atoms with E-state index in [0.717, 1.165) is 30.8 Å². The van der Waals surface area contributed by atoms with Gasteiger partial charge in [0.25, 0.3) is 0 Å². The van der Waals surface area contributed by atoms with E-state index in [1.165, 1.54) is 0 Å². The molecule has 1 aliphatic rings. The van der Waals surface area contributed by atoms with Crippen molar-refractivity contribution in [2.24, 2.45) is 0 Å². The number of pyridine rings is 1. The van der Waals surface area contributed by atoms with Crippen molar-refractivity contribution < 1.29 is 4.79 Å². The SMILES string of the molecule is CC(=O)N1CCCC1c1cccnc1N(C)C. The lowest BCUT2D eigenvalue weighted by molar-refractivity contribution is -0.129. The number of hydrogen-bond acceptors (Lipinski definition) is 3. The van der Waals surface area contributed by atoms with Crippen LogP contribution in [0.15, 0.2) is 18.3 Å². The fourth-order valence-electron chi connectivity index (χ4n) is 2.51. The lowest BCUT2D eigenvalue weighted by atomic mass is 10.1. The lowest BCUT2D eigenvalue weighted by Crippen LogP contribution is -2.29. The predicted octanol–water partition coefficient (Wildman–Crippen LogP) is 1.83. The van der Waals surface area contributed by atoms with Crippen LogP contribution < -0.4 is 4.90 Å². The highest BCUT2D eigenvalue weighted by molar-refractivity contribution is 5.74. The molecule has 1 atom stereocenters. The minimum atomic E-state index is 0.154. The summed E-state index contributed by atoms with van der Waals surface area (Å²) in [4.78, 5) is 20.0. The van der Waals surface area contributed by atoms with E-state index in [0.29, 0.717) is 0 Å². The van der Waals surface area contributed by atoms with Gasteiger partial charge in [0.15, 0.2) is 0 Å². The monoisotopic (exact) mass is 233 g/mol. The van der Waals surface area contributed by atoms with Crippen LogP contribution in [-0.4, -0.2) is 36.4 Å². The van der Waals surface area contributed by atoms with Gasteiger partial charge in [0, 0.05) is 39.3 Å². The third-order valence-corrected chi connectivity index (χ3v) is 3.26. The van der Waals surface area contributed by atoms with E-state index in [-0.39, 0.29) is 11.9 Å². The molecule has 1 fully saturated rings. The summed E-state index contributed by atoms with van der Waals surface area (Å²) in [7, 11) is 3.97. The average molecular weight is 233 g/mol. The molecule has 17 heavy (non-hydrogen) atoms. The number of hydrogen-bond donors (Lipinski definition) is 0. The van der Waals surface area contributed by atoms with Gasteiger partial charge in [-0.15, -0.1) is 0 Å². The first-order valence-corrected chi connectivity index (χ1v) is 6.00. The highest BCUT2D eigenvalue weighted by Crippen LogP contribution is 2.35. The van der Waals surface area contributed by atoms with Crippen molar-refractivity contribution in [1.82, 2.24) is 9.88 Å². The Morgan fingerprint density at radius 2 is 2.29 bits per heavy atom. The topological polar surface area (TPSA) is 36.4 Å². The van der Waals surface area contributed by atoms with E-state index < -0.39 is 0 Å². The van der Waals surface area contributed by atoms with Crippen LogP contribution in [0.2, 0.25) is 0 Å². The second kappa shape index (κ2) is 4.73. The summed E-state index contributed by atoms with van der Waals surface area (Å²) in [5.41, 5.74) is 1.16. The summed E-state index contributed by atoms with van der Waals surface area (Å²) >= 11 is 0. The van der Waals surface area contributed by atoms with Gasteiger partial charge in [0.1, 0.15) is 5.82 Å². The van der Waals surface area contributed by atoms with E-state index in [4.69, 9.17) is 0 Å². The van der Waals surface area contributed by atoms with E-state index in [1.54, 1.807) is 13.1 Å². The molecule has 0 aromatic carbocycles. The molecule has 0 aliphatic carbocycles.